The molecule has 20 rings (SSSR count). The van der Waals surface area contributed by atoms with E-state index in [-0.39, 0.29) is 12.2 Å². The van der Waals surface area contributed by atoms with Crippen molar-refractivity contribution in [3.8, 4) is 11.5 Å². The molecule has 716 valence electrons. The predicted octanol–water partition coefficient (Wildman–Crippen LogP) is 39.5. The lowest BCUT2D eigenvalue weighted by atomic mass is 10.1. The highest BCUT2D eigenvalue weighted by molar-refractivity contribution is 8.00. The molecule has 0 atom stereocenters. The first-order valence-corrected chi connectivity index (χ1v) is 51.9. The number of anilines is 18. The molecule has 0 radical (unpaired) electrons. The van der Waals surface area contributed by atoms with Crippen molar-refractivity contribution in [3.05, 3.63) is 526 Å². The van der Waals surface area contributed by atoms with Crippen LogP contribution in [-0.4, -0.2) is 27.7 Å². The van der Waals surface area contributed by atoms with Crippen molar-refractivity contribution in [2.75, 3.05) is 29.4 Å². The molecule has 0 aliphatic carbocycles. The standard InChI is InChI=1S/C25H23NO.C25H23NS.C21H21NO.C21H21NS.C20H20N2.C19H19NS/c2*1-19(2)27-25-16-14-23(15-17-25)26(22-10-4-3-5-11-22)24-13-12-20-8-6-7-9-21(20)18-24;2*1-17(2)23-21-15-13-20(14-16-21)22(18-9-5-3-6-10-18)19-11-7-4-8-12-19;1-16(2)20-14-13-19(15-21-20)22(17-9-5-3-6-10-17)18-11-7-4-8-12-18;1-15(2)18-13-14-19(21-18)20(16-9-5-3-6-10-16)17-11-7-4-8-12-17/h2*3-19H,1-2H3;2*3-17H,1-2H3;3-16H,1-2H3;3-15H,1-2H3. The molecule has 0 aliphatic rings. The average Bonchev–Trinajstić information content (AvgIpc) is 1.70. The number of thiophene rings is 1. The summed E-state index contributed by atoms with van der Waals surface area (Å²) in [5, 5.41) is 7.43. The van der Waals surface area contributed by atoms with Crippen LogP contribution in [0.5, 0.6) is 11.5 Å². The van der Waals surface area contributed by atoms with Crippen molar-refractivity contribution in [1.29, 1.82) is 0 Å². The molecule has 2 heterocycles. The Bertz CT molecular complexity index is 6650. The molecule has 0 N–H and O–H groups in total. The van der Waals surface area contributed by atoms with Crippen LogP contribution in [0.1, 0.15) is 105 Å². The van der Waals surface area contributed by atoms with Gasteiger partial charge in [0.2, 0.25) is 0 Å². The summed E-state index contributed by atoms with van der Waals surface area (Å²) in [6, 6.07) is 178. The van der Waals surface area contributed by atoms with E-state index in [1.807, 2.05) is 123 Å². The average molecular weight is 1930 g/mol. The van der Waals surface area contributed by atoms with Gasteiger partial charge in [-0.25, -0.2) is 0 Å². The van der Waals surface area contributed by atoms with E-state index < -0.39 is 0 Å². The number of thioether (sulfide) groups is 2. The minimum atomic E-state index is 0.168. The lowest BCUT2D eigenvalue weighted by molar-refractivity contribution is 0.242. The van der Waals surface area contributed by atoms with Gasteiger partial charge >= 0.3 is 0 Å². The van der Waals surface area contributed by atoms with Gasteiger partial charge in [0, 0.05) is 122 Å². The first-order chi connectivity index (χ1) is 69.9. The fraction of sp³-hybridized carbons (Fsp3) is 0.137. The maximum atomic E-state index is 5.80. The quantitative estimate of drug-likeness (QED) is 0.0441. The summed E-state index contributed by atoms with van der Waals surface area (Å²) in [4.78, 5) is 22.3. The zero-order valence-corrected chi connectivity index (χ0v) is 86.2. The Hall–Kier alpha value is -15.6. The molecule has 0 bridgehead atoms. The second-order valence-corrected chi connectivity index (χ2v) is 40.4. The molecule has 12 heteroatoms. The SMILES string of the molecule is CC(C)Oc1ccc(N(c2ccccc2)c2ccc3ccccc3c2)cc1.CC(C)Oc1ccc(N(c2ccccc2)c2ccccc2)cc1.CC(C)Sc1ccc(N(c2ccccc2)c2ccc3ccccc3c2)cc1.CC(C)Sc1ccc(N(c2ccccc2)c2ccccc2)cc1.CC(C)c1ccc(N(c2ccccc2)c2ccccc2)cn1.CC(C)c1ccc(N(c2ccccc2)c2ccccc2)s1. The van der Waals surface area contributed by atoms with Crippen LogP contribution in [0.4, 0.5) is 102 Å². The fourth-order valence-electron chi connectivity index (χ4n) is 16.5. The molecule has 20 aromatic rings. The van der Waals surface area contributed by atoms with Crippen LogP contribution in [0.3, 0.4) is 0 Å². The maximum Gasteiger partial charge on any atom is 0.119 e. The van der Waals surface area contributed by atoms with Crippen molar-refractivity contribution in [1.82, 2.24) is 4.98 Å². The second-order valence-electron chi connectivity index (χ2n) is 36.0. The summed E-state index contributed by atoms with van der Waals surface area (Å²) in [7, 11) is 0. The zero-order chi connectivity index (χ0) is 99.4. The molecule has 2 aromatic heterocycles. The van der Waals surface area contributed by atoms with E-state index in [0.717, 1.165) is 74.1 Å². The Morgan fingerprint density at radius 1 is 0.203 bits per heavy atom. The van der Waals surface area contributed by atoms with Gasteiger partial charge < -0.3 is 38.9 Å². The number of rotatable bonds is 28. The van der Waals surface area contributed by atoms with Gasteiger partial charge in [0.15, 0.2) is 0 Å². The van der Waals surface area contributed by atoms with Gasteiger partial charge in [0.1, 0.15) is 16.5 Å². The highest BCUT2D eigenvalue weighted by Gasteiger charge is 2.21. The molecule has 9 nitrogen and oxygen atoms in total. The third kappa shape index (κ3) is 29.1. The minimum absolute atomic E-state index is 0.168. The van der Waals surface area contributed by atoms with E-state index in [2.05, 4.69) is 545 Å². The number of pyridine rings is 1. The third-order valence-corrected chi connectivity index (χ3v) is 26.4. The highest BCUT2D eigenvalue weighted by Crippen LogP contribution is 2.45. The lowest BCUT2D eigenvalue weighted by Gasteiger charge is -2.26. The largest absolute Gasteiger partial charge is 0.491 e. The van der Waals surface area contributed by atoms with Gasteiger partial charge in [-0.05, 0) is 328 Å². The Labute approximate surface area is 860 Å². The molecule has 0 spiro atoms. The fourth-order valence-corrected chi connectivity index (χ4v) is 19.2. The van der Waals surface area contributed by atoms with Gasteiger partial charge in [-0.3, -0.25) is 4.98 Å². The summed E-state index contributed by atoms with van der Waals surface area (Å²) >= 11 is 5.65. The Morgan fingerprint density at radius 3 is 0.678 bits per heavy atom. The van der Waals surface area contributed by atoms with Gasteiger partial charge in [0.05, 0.1) is 24.1 Å². The molecular weight excluding hydrogens is 1800 g/mol. The molecule has 0 unspecified atom stereocenters. The van der Waals surface area contributed by atoms with E-state index in [4.69, 9.17) is 9.47 Å². The second kappa shape index (κ2) is 52.1. The van der Waals surface area contributed by atoms with Crippen molar-refractivity contribution in [2.24, 2.45) is 0 Å². The molecule has 0 aliphatic heterocycles. The summed E-state index contributed by atoms with van der Waals surface area (Å²) in [5.41, 5.74) is 20.6. The monoisotopic (exact) mass is 1930 g/mol. The Morgan fingerprint density at radius 2 is 0.434 bits per heavy atom. The number of benzene rings is 18. The number of aromatic nitrogens is 1. The summed E-state index contributed by atoms with van der Waals surface area (Å²) in [6.07, 6.45) is 2.30. The van der Waals surface area contributed by atoms with E-state index in [1.54, 1.807) is 0 Å². The van der Waals surface area contributed by atoms with Crippen LogP contribution in [0.2, 0.25) is 0 Å². The van der Waals surface area contributed by atoms with Crippen LogP contribution in [0.25, 0.3) is 21.5 Å². The van der Waals surface area contributed by atoms with Crippen LogP contribution in [-0.2, 0) is 0 Å². The first kappa shape index (κ1) is 102. The maximum absolute atomic E-state index is 5.80. The molecular formula is C131H127N7O2S3. The van der Waals surface area contributed by atoms with E-state index >= 15 is 0 Å². The molecule has 0 saturated carbocycles. The number of hydrogen-bond acceptors (Lipinski definition) is 12. The van der Waals surface area contributed by atoms with Crippen molar-refractivity contribution >= 4 is 158 Å². The van der Waals surface area contributed by atoms with E-state index in [1.165, 1.54) is 81.0 Å². The first-order valence-electron chi connectivity index (χ1n) is 49.3. The van der Waals surface area contributed by atoms with Crippen LogP contribution in [0, 0.1) is 0 Å². The normalized spacial score (nSPS) is 10.8. The van der Waals surface area contributed by atoms with Gasteiger partial charge in [-0.2, -0.15) is 0 Å². The highest BCUT2D eigenvalue weighted by atomic mass is 32.2. The van der Waals surface area contributed by atoms with Crippen molar-refractivity contribution < 1.29 is 9.47 Å². The van der Waals surface area contributed by atoms with Gasteiger partial charge in [0.25, 0.3) is 0 Å². The molecule has 0 amide bonds. The topological polar surface area (TPSA) is 50.8 Å². The predicted molar refractivity (Wildman–Crippen MR) is 619 cm³/mol. The molecule has 18 aromatic carbocycles. The number of fused-ring (bicyclic) bond motifs is 2. The Kier molecular flexibility index (Phi) is 37.1. The van der Waals surface area contributed by atoms with Crippen LogP contribution >= 0.6 is 34.9 Å². The summed E-state index contributed by atoms with van der Waals surface area (Å²) in [5.74, 6) is 2.79. The van der Waals surface area contributed by atoms with E-state index in [9.17, 15) is 0 Å². The Balaban J connectivity index is 0.000000130. The third-order valence-electron chi connectivity index (χ3n) is 23.0. The minimum Gasteiger partial charge on any atom is -0.491 e. The van der Waals surface area contributed by atoms with Crippen molar-refractivity contribution in [3.63, 3.8) is 0 Å². The van der Waals surface area contributed by atoms with Crippen LogP contribution in [0.15, 0.2) is 526 Å². The zero-order valence-electron chi connectivity index (χ0n) is 83.7. The van der Waals surface area contributed by atoms with Gasteiger partial charge in [-0.1, -0.05) is 298 Å². The van der Waals surface area contributed by atoms with E-state index in [0.29, 0.717) is 22.3 Å². The molecule has 143 heavy (non-hydrogen) atoms. The summed E-state index contributed by atoms with van der Waals surface area (Å²) < 4.78 is 11.5. The lowest BCUT2D eigenvalue weighted by Crippen LogP contribution is -2.10. The summed E-state index contributed by atoms with van der Waals surface area (Å²) in [6.45, 7) is 25.9. The number of hydrogen-bond donors (Lipinski definition) is 0. The van der Waals surface area contributed by atoms with Gasteiger partial charge in [-0.15, -0.1) is 34.9 Å². The number of nitrogens with zero attached hydrogens (tertiary/aromatic N) is 7. The number of para-hydroxylation sites is 10. The molecule has 0 fully saturated rings. The molecule has 0 saturated heterocycles. The van der Waals surface area contributed by atoms with Crippen LogP contribution < -0.4 is 38.9 Å². The van der Waals surface area contributed by atoms with Crippen molar-refractivity contribution in [2.45, 2.75) is 127 Å². The smallest absolute Gasteiger partial charge is 0.119 e. The number of ether oxygens (including phenoxy) is 2.